The van der Waals surface area contributed by atoms with Crippen molar-refractivity contribution in [2.45, 2.75) is 0 Å². The molecule has 1 heteroatoms. The van der Waals surface area contributed by atoms with Crippen LogP contribution in [0.5, 0.6) is 0 Å². The van der Waals surface area contributed by atoms with Gasteiger partial charge in [-0.15, -0.1) is 0 Å². The summed E-state index contributed by atoms with van der Waals surface area (Å²) in [4.78, 5) is 0. The smallest absolute Gasteiger partial charge is 0.136 e. The van der Waals surface area contributed by atoms with E-state index < -0.39 is 0 Å². The Morgan fingerprint density at radius 1 is 0.220 bits per heavy atom. The zero-order valence-corrected chi connectivity index (χ0v) is 32.2. The molecule has 0 atom stereocenters. The lowest BCUT2D eigenvalue weighted by Gasteiger charge is -2.18. The largest absolute Gasteiger partial charge is 0.456 e. The molecule has 11 aromatic carbocycles. The van der Waals surface area contributed by atoms with Crippen LogP contribution < -0.4 is 0 Å². The van der Waals surface area contributed by atoms with Crippen molar-refractivity contribution in [1.29, 1.82) is 0 Å². The highest BCUT2D eigenvalue weighted by molar-refractivity contribution is 6.26. The summed E-state index contributed by atoms with van der Waals surface area (Å²) in [5, 5.41) is 12.1. The molecule has 0 fully saturated rings. The van der Waals surface area contributed by atoms with Crippen molar-refractivity contribution in [3.05, 3.63) is 218 Å². The minimum Gasteiger partial charge on any atom is -0.456 e. The maximum absolute atomic E-state index is 6.87. The highest BCUT2D eigenvalue weighted by Gasteiger charge is 2.22. The maximum Gasteiger partial charge on any atom is 0.136 e. The van der Waals surface area contributed by atoms with E-state index in [9.17, 15) is 0 Å². The summed E-state index contributed by atoms with van der Waals surface area (Å²) < 4.78 is 6.87. The number of rotatable bonds is 5. The monoisotopic (exact) mass is 748 g/mol. The number of benzene rings is 11. The normalized spacial score (nSPS) is 11.7. The van der Waals surface area contributed by atoms with Gasteiger partial charge in [0, 0.05) is 10.8 Å². The molecule has 0 aliphatic carbocycles. The third kappa shape index (κ3) is 5.25. The predicted octanol–water partition coefficient (Wildman–Crippen LogP) is 16.5. The molecule has 0 N–H and O–H groups in total. The SMILES string of the molecule is c1ccc(-c2cccc(-c3c4ccccc4c(-c4cccc5oc6cc(-c7c8ccccc8c(-c8ccccc8)c8ccccc78)ccc6c45)c4ccccc34)c2)cc1. The standard InChI is InChI=1S/C58H36O/c1-3-17-37(18-4-1)39-21-15-22-40(35-39)55-46-27-11-13-29-48(46)57(49-30-14-12-28-47(49)55)51-31-16-32-52-58(51)50-34-33-41(36-53(50)59-52)56-44-25-9-7-23-42(44)54(38-19-5-2-6-20-38)43-24-8-10-26-45(43)56/h1-36H. The molecular formula is C58H36O. The molecule has 0 unspecified atom stereocenters. The lowest BCUT2D eigenvalue weighted by Crippen LogP contribution is -1.91. The molecule has 0 aliphatic heterocycles. The fourth-order valence-corrected chi connectivity index (χ4v) is 9.76. The molecule has 1 aromatic heterocycles. The van der Waals surface area contributed by atoms with E-state index >= 15 is 0 Å². The molecule has 59 heavy (non-hydrogen) atoms. The number of hydrogen-bond donors (Lipinski definition) is 0. The van der Waals surface area contributed by atoms with Gasteiger partial charge < -0.3 is 4.42 Å². The van der Waals surface area contributed by atoms with E-state index in [0.717, 1.165) is 27.5 Å². The first kappa shape index (κ1) is 33.4. The van der Waals surface area contributed by atoms with Gasteiger partial charge in [-0.3, -0.25) is 0 Å². The van der Waals surface area contributed by atoms with Gasteiger partial charge in [-0.2, -0.15) is 0 Å². The third-order valence-electron chi connectivity index (χ3n) is 12.2. The summed E-state index contributed by atoms with van der Waals surface area (Å²) >= 11 is 0. The molecule has 0 aliphatic rings. The first-order chi connectivity index (χ1) is 29.3. The minimum absolute atomic E-state index is 0.883. The number of hydrogen-bond acceptors (Lipinski definition) is 1. The van der Waals surface area contributed by atoms with Crippen LogP contribution in [0.4, 0.5) is 0 Å². The van der Waals surface area contributed by atoms with Crippen LogP contribution in [-0.4, -0.2) is 0 Å². The van der Waals surface area contributed by atoms with Crippen LogP contribution in [0.25, 0.3) is 121 Å². The van der Waals surface area contributed by atoms with E-state index in [1.807, 2.05) is 0 Å². The third-order valence-corrected chi connectivity index (χ3v) is 12.2. The lowest BCUT2D eigenvalue weighted by atomic mass is 9.84. The molecule has 0 radical (unpaired) electrons. The Hall–Kier alpha value is -7.74. The van der Waals surface area contributed by atoms with Gasteiger partial charge in [-0.05, 0) is 123 Å². The first-order valence-corrected chi connectivity index (χ1v) is 20.3. The molecular weight excluding hydrogens is 713 g/mol. The zero-order chi connectivity index (χ0) is 38.9. The summed E-state index contributed by atoms with van der Waals surface area (Å²) in [6.07, 6.45) is 0. The maximum atomic E-state index is 6.87. The minimum atomic E-state index is 0.883. The van der Waals surface area contributed by atoms with Crippen molar-refractivity contribution in [2.24, 2.45) is 0 Å². The van der Waals surface area contributed by atoms with Crippen molar-refractivity contribution in [3.8, 4) is 55.6 Å². The van der Waals surface area contributed by atoms with Crippen molar-refractivity contribution >= 4 is 65.0 Å². The van der Waals surface area contributed by atoms with Crippen LogP contribution in [0.3, 0.4) is 0 Å². The predicted molar refractivity (Wildman–Crippen MR) is 251 cm³/mol. The van der Waals surface area contributed by atoms with Gasteiger partial charge in [0.2, 0.25) is 0 Å². The van der Waals surface area contributed by atoms with Crippen LogP contribution in [0.2, 0.25) is 0 Å². The van der Waals surface area contributed by atoms with E-state index in [-0.39, 0.29) is 0 Å². The first-order valence-electron chi connectivity index (χ1n) is 20.3. The van der Waals surface area contributed by atoms with E-state index in [1.165, 1.54) is 93.2 Å². The van der Waals surface area contributed by atoms with Gasteiger partial charge in [0.25, 0.3) is 0 Å². The Balaban J connectivity index is 1.09. The number of furan rings is 1. The summed E-state index contributed by atoms with van der Waals surface area (Å²) in [6, 6.07) is 79.3. The second-order valence-corrected chi connectivity index (χ2v) is 15.5. The molecule has 12 rings (SSSR count). The fraction of sp³-hybridized carbons (Fsp3) is 0. The van der Waals surface area contributed by atoms with Crippen LogP contribution in [0.1, 0.15) is 0 Å². The van der Waals surface area contributed by atoms with Crippen LogP contribution in [-0.2, 0) is 0 Å². The van der Waals surface area contributed by atoms with E-state index in [4.69, 9.17) is 4.42 Å². The highest BCUT2D eigenvalue weighted by Crippen LogP contribution is 2.49. The molecule has 1 nitrogen and oxygen atoms in total. The summed E-state index contributed by atoms with van der Waals surface area (Å²) in [7, 11) is 0. The van der Waals surface area contributed by atoms with Crippen LogP contribution in [0, 0.1) is 0 Å². The summed E-state index contributed by atoms with van der Waals surface area (Å²) in [5.41, 5.74) is 13.9. The molecule has 0 amide bonds. The van der Waals surface area contributed by atoms with Crippen molar-refractivity contribution in [3.63, 3.8) is 0 Å². The topological polar surface area (TPSA) is 13.1 Å². The van der Waals surface area contributed by atoms with Gasteiger partial charge >= 0.3 is 0 Å². The average Bonchev–Trinajstić information content (AvgIpc) is 3.69. The Morgan fingerprint density at radius 2 is 0.627 bits per heavy atom. The molecule has 0 saturated heterocycles. The van der Waals surface area contributed by atoms with Gasteiger partial charge in [0.05, 0.1) is 0 Å². The average molecular weight is 749 g/mol. The fourth-order valence-electron chi connectivity index (χ4n) is 9.76. The van der Waals surface area contributed by atoms with Crippen LogP contribution in [0.15, 0.2) is 223 Å². The summed E-state index contributed by atoms with van der Waals surface area (Å²) in [6.45, 7) is 0. The lowest BCUT2D eigenvalue weighted by molar-refractivity contribution is 0.669. The molecule has 0 bridgehead atoms. The molecule has 1 heterocycles. The van der Waals surface area contributed by atoms with Crippen molar-refractivity contribution in [2.75, 3.05) is 0 Å². The molecule has 0 spiro atoms. The Labute approximate surface area is 342 Å². The van der Waals surface area contributed by atoms with E-state index in [1.54, 1.807) is 0 Å². The Morgan fingerprint density at radius 3 is 1.17 bits per heavy atom. The summed E-state index contributed by atoms with van der Waals surface area (Å²) in [5.74, 6) is 0. The Bertz CT molecular complexity index is 3480. The highest BCUT2D eigenvalue weighted by atomic mass is 16.3. The zero-order valence-electron chi connectivity index (χ0n) is 32.2. The second kappa shape index (κ2) is 13.4. The van der Waals surface area contributed by atoms with Gasteiger partial charge in [-0.25, -0.2) is 0 Å². The van der Waals surface area contributed by atoms with E-state index in [2.05, 4.69) is 218 Å². The van der Waals surface area contributed by atoms with Gasteiger partial charge in [0.1, 0.15) is 11.2 Å². The van der Waals surface area contributed by atoms with Crippen molar-refractivity contribution < 1.29 is 4.42 Å². The molecule has 274 valence electrons. The van der Waals surface area contributed by atoms with Gasteiger partial charge in [0.15, 0.2) is 0 Å². The number of fused-ring (bicyclic) bond motifs is 7. The van der Waals surface area contributed by atoms with E-state index in [0.29, 0.717) is 0 Å². The molecule has 0 saturated carbocycles. The Kier molecular flexibility index (Phi) is 7.61. The van der Waals surface area contributed by atoms with Gasteiger partial charge in [-0.1, -0.05) is 194 Å². The van der Waals surface area contributed by atoms with Crippen LogP contribution >= 0.6 is 0 Å². The second-order valence-electron chi connectivity index (χ2n) is 15.5. The van der Waals surface area contributed by atoms with Crippen molar-refractivity contribution in [1.82, 2.24) is 0 Å². The quantitative estimate of drug-likeness (QED) is 0.160. The molecule has 12 aromatic rings.